The number of thiazole rings is 1. The lowest BCUT2D eigenvalue weighted by Gasteiger charge is -2.12. The summed E-state index contributed by atoms with van der Waals surface area (Å²) in [5, 5.41) is 2.86. The minimum atomic E-state index is -3.40. The Morgan fingerprint density at radius 1 is 1.45 bits per heavy atom. The number of hydrogen-bond acceptors (Lipinski definition) is 5. The molecule has 1 saturated heterocycles. The molecule has 2 heterocycles. The molecule has 1 N–H and O–H groups in total. The molecule has 2 aromatic rings. The molecule has 1 unspecified atom stereocenters. The van der Waals surface area contributed by atoms with E-state index in [1.807, 2.05) is 30.5 Å². The van der Waals surface area contributed by atoms with Gasteiger partial charge in [0.2, 0.25) is 10.0 Å². The standard InChI is InChI=1S/C15H18N2O3S2/c1-11-9-21-15(16-11)12-4-2-5-13(8-12)17-22(18,19)10-14-6-3-7-20-14/h2,4-5,8-9,14,17H,3,6-7,10H2,1H3. The highest BCUT2D eigenvalue weighted by atomic mass is 32.2. The molecule has 0 amide bonds. The van der Waals surface area contributed by atoms with Crippen molar-refractivity contribution in [1.82, 2.24) is 4.98 Å². The number of benzene rings is 1. The maximum Gasteiger partial charge on any atom is 0.235 e. The molecule has 0 saturated carbocycles. The Morgan fingerprint density at radius 3 is 3.00 bits per heavy atom. The molecule has 1 fully saturated rings. The van der Waals surface area contributed by atoms with E-state index in [4.69, 9.17) is 4.74 Å². The monoisotopic (exact) mass is 338 g/mol. The van der Waals surface area contributed by atoms with Crippen molar-refractivity contribution >= 4 is 27.0 Å². The van der Waals surface area contributed by atoms with E-state index in [9.17, 15) is 8.42 Å². The molecule has 1 aromatic carbocycles. The van der Waals surface area contributed by atoms with Crippen LogP contribution in [0.2, 0.25) is 0 Å². The summed E-state index contributed by atoms with van der Waals surface area (Å²) in [5.74, 6) is 0.00753. The zero-order valence-corrected chi connectivity index (χ0v) is 13.9. The molecule has 1 aromatic heterocycles. The van der Waals surface area contributed by atoms with Gasteiger partial charge in [-0.25, -0.2) is 13.4 Å². The van der Waals surface area contributed by atoms with Gasteiger partial charge >= 0.3 is 0 Å². The highest BCUT2D eigenvalue weighted by Gasteiger charge is 2.23. The second-order valence-electron chi connectivity index (χ2n) is 5.39. The van der Waals surface area contributed by atoms with Crippen LogP contribution in [-0.2, 0) is 14.8 Å². The molecule has 1 aliphatic heterocycles. The van der Waals surface area contributed by atoms with Crippen LogP contribution in [0.15, 0.2) is 29.6 Å². The minimum Gasteiger partial charge on any atom is -0.377 e. The van der Waals surface area contributed by atoms with E-state index in [0.29, 0.717) is 12.3 Å². The number of hydrogen-bond donors (Lipinski definition) is 1. The average molecular weight is 338 g/mol. The van der Waals surface area contributed by atoms with E-state index in [-0.39, 0.29) is 11.9 Å². The Bertz CT molecular complexity index is 750. The highest BCUT2D eigenvalue weighted by Crippen LogP contribution is 2.26. The molecular weight excluding hydrogens is 320 g/mol. The second kappa shape index (κ2) is 6.36. The Balaban J connectivity index is 1.74. The first kappa shape index (κ1) is 15.5. The maximum atomic E-state index is 12.2. The summed E-state index contributed by atoms with van der Waals surface area (Å²) in [5.41, 5.74) is 2.43. The summed E-state index contributed by atoms with van der Waals surface area (Å²) in [6.07, 6.45) is 1.54. The van der Waals surface area contributed by atoms with Crippen molar-refractivity contribution in [3.63, 3.8) is 0 Å². The molecule has 3 rings (SSSR count). The van der Waals surface area contributed by atoms with Crippen molar-refractivity contribution in [1.29, 1.82) is 0 Å². The predicted molar refractivity (Wildman–Crippen MR) is 88.7 cm³/mol. The first-order valence-corrected chi connectivity index (χ1v) is 9.70. The summed E-state index contributed by atoms with van der Waals surface area (Å²) in [6, 6.07) is 7.31. The third-order valence-corrected chi connectivity index (χ3v) is 5.80. The zero-order valence-electron chi connectivity index (χ0n) is 12.3. The van der Waals surface area contributed by atoms with Crippen LogP contribution in [0.25, 0.3) is 10.6 Å². The third kappa shape index (κ3) is 3.85. The summed E-state index contributed by atoms with van der Waals surface area (Å²) in [4.78, 5) is 4.42. The van der Waals surface area contributed by atoms with Crippen molar-refractivity contribution in [2.75, 3.05) is 17.1 Å². The minimum absolute atomic E-state index is 0.00753. The summed E-state index contributed by atoms with van der Waals surface area (Å²) in [7, 11) is -3.40. The van der Waals surface area contributed by atoms with Gasteiger partial charge in [0, 0.05) is 28.9 Å². The van der Waals surface area contributed by atoms with Crippen molar-refractivity contribution in [3.05, 3.63) is 35.3 Å². The number of aryl methyl sites for hydroxylation is 1. The van der Waals surface area contributed by atoms with Gasteiger partial charge in [0.05, 0.1) is 11.9 Å². The SMILES string of the molecule is Cc1csc(-c2cccc(NS(=O)(=O)CC3CCCO3)c2)n1. The third-order valence-electron chi connectivity index (χ3n) is 3.43. The molecule has 22 heavy (non-hydrogen) atoms. The molecule has 5 nitrogen and oxygen atoms in total. The zero-order chi connectivity index (χ0) is 15.6. The van der Waals surface area contributed by atoms with Crippen molar-refractivity contribution in [2.45, 2.75) is 25.9 Å². The van der Waals surface area contributed by atoms with E-state index in [0.717, 1.165) is 29.1 Å². The molecule has 0 aliphatic carbocycles. The lowest BCUT2D eigenvalue weighted by Crippen LogP contribution is -2.25. The summed E-state index contributed by atoms with van der Waals surface area (Å²) >= 11 is 1.55. The van der Waals surface area contributed by atoms with Crippen LogP contribution in [-0.4, -0.2) is 31.9 Å². The lowest BCUT2D eigenvalue weighted by molar-refractivity contribution is 0.127. The number of ether oxygens (including phenoxy) is 1. The Hall–Kier alpha value is -1.44. The summed E-state index contributed by atoms with van der Waals surface area (Å²) in [6.45, 7) is 2.59. The number of nitrogens with one attached hydrogen (secondary N) is 1. The molecular formula is C15H18N2O3S2. The molecule has 0 radical (unpaired) electrons. The van der Waals surface area contributed by atoms with Gasteiger partial charge in [0.15, 0.2) is 0 Å². The smallest absolute Gasteiger partial charge is 0.235 e. The second-order valence-corrected chi connectivity index (χ2v) is 8.02. The van der Waals surface area contributed by atoms with Gasteiger partial charge in [0.25, 0.3) is 0 Å². The fraction of sp³-hybridized carbons (Fsp3) is 0.400. The number of rotatable bonds is 5. The highest BCUT2D eigenvalue weighted by molar-refractivity contribution is 7.92. The van der Waals surface area contributed by atoms with E-state index < -0.39 is 10.0 Å². The average Bonchev–Trinajstić information content (AvgIpc) is 3.09. The Morgan fingerprint density at radius 2 is 2.32 bits per heavy atom. The fourth-order valence-corrected chi connectivity index (χ4v) is 4.56. The number of aromatic nitrogens is 1. The van der Waals surface area contributed by atoms with E-state index in [1.54, 1.807) is 17.4 Å². The Kier molecular flexibility index (Phi) is 4.46. The van der Waals surface area contributed by atoms with Crippen LogP contribution < -0.4 is 4.72 Å². The topological polar surface area (TPSA) is 68.3 Å². The lowest BCUT2D eigenvalue weighted by atomic mass is 10.2. The van der Waals surface area contributed by atoms with Crippen LogP contribution in [0.4, 0.5) is 5.69 Å². The van der Waals surface area contributed by atoms with Gasteiger partial charge in [0.1, 0.15) is 5.01 Å². The number of nitrogens with zero attached hydrogens (tertiary/aromatic N) is 1. The molecule has 1 atom stereocenters. The summed E-state index contributed by atoms with van der Waals surface area (Å²) < 4.78 is 32.4. The van der Waals surface area contributed by atoms with Crippen molar-refractivity contribution in [3.8, 4) is 10.6 Å². The van der Waals surface area contributed by atoms with Crippen LogP contribution in [0.1, 0.15) is 18.5 Å². The van der Waals surface area contributed by atoms with Gasteiger partial charge in [-0.2, -0.15) is 0 Å². The van der Waals surface area contributed by atoms with Gasteiger partial charge < -0.3 is 4.74 Å². The largest absolute Gasteiger partial charge is 0.377 e. The Labute approximate surface area is 134 Å². The number of anilines is 1. The van der Waals surface area contributed by atoms with Crippen LogP contribution in [0, 0.1) is 6.92 Å². The molecule has 1 aliphatic rings. The number of sulfonamides is 1. The molecule has 118 valence electrons. The van der Waals surface area contributed by atoms with Gasteiger partial charge in [-0.1, -0.05) is 12.1 Å². The van der Waals surface area contributed by atoms with E-state index in [1.165, 1.54) is 0 Å². The van der Waals surface area contributed by atoms with Crippen LogP contribution in [0.5, 0.6) is 0 Å². The van der Waals surface area contributed by atoms with Crippen LogP contribution in [0.3, 0.4) is 0 Å². The first-order valence-electron chi connectivity index (χ1n) is 7.16. The van der Waals surface area contributed by atoms with Crippen LogP contribution >= 0.6 is 11.3 Å². The van der Waals surface area contributed by atoms with E-state index >= 15 is 0 Å². The maximum absolute atomic E-state index is 12.2. The van der Waals surface area contributed by atoms with E-state index in [2.05, 4.69) is 9.71 Å². The van der Waals surface area contributed by atoms with Crippen molar-refractivity contribution < 1.29 is 13.2 Å². The van der Waals surface area contributed by atoms with Crippen molar-refractivity contribution in [2.24, 2.45) is 0 Å². The first-order chi connectivity index (χ1) is 10.5. The molecule has 0 spiro atoms. The van der Waals surface area contributed by atoms with Gasteiger partial charge in [-0.05, 0) is 31.9 Å². The fourth-order valence-electron chi connectivity index (χ4n) is 2.44. The van der Waals surface area contributed by atoms with Gasteiger partial charge in [-0.3, -0.25) is 4.72 Å². The quantitative estimate of drug-likeness (QED) is 0.910. The molecule has 0 bridgehead atoms. The normalized spacial score (nSPS) is 18.5. The van der Waals surface area contributed by atoms with Gasteiger partial charge in [-0.15, -0.1) is 11.3 Å². The molecule has 7 heteroatoms. The predicted octanol–water partition coefficient (Wildman–Crippen LogP) is 3.04.